The number of oxime groups is 1. The lowest BCUT2D eigenvalue weighted by atomic mass is 10.1. The summed E-state index contributed by atoms with van der Waals surface area (Å²) in [6, 6.07) is 7.38. The van der Waals surface area contributed by atoms with Crippen LogP contribution in [0.15, 0.2) is 29.4 Å². The molecule has 1 amide bonds. The molecule has 0 radical (unpaired) electrons. The molecule has 19 heavy (non-hydrogen) atoms. The van der Waals surface area contributed by atoms with Gasteiger partial charge in [-0.2, -0.15) is 0 Å². The standard InChI is InChI=1S/C13H19N3O3/c1-19-11-5-2-4-10(8-11)9-13(17)15-7-3-6-12(14)16-18/h2,4-5,8,18H,3,6-7,9H2,1H3,(H2,14,16)(H,15,17). The molecule has 0 fully saturated rings. The van der Waals surface area contributed by atoms with Crippen LogP contribution in [-0.2, 0) is 11.2 Å². The highest BCUT2D eigenvalue weighted by atomic mass is 16.5. The fourth-order valence-electron chi connectivity index (χ4n) is 1.58. The van der Waals surface area contributed by atoms with Crippen molar-refractivity contribution in [1.82, 2.24) is 5.32 Å². The molecular formula is C13H19N3O3. The summed E-state index contributed by atoms with van der Waals surface area (Å²) in [5.41, 5.74) is 6.22. The number of benzene rings is 1. The fraction of sp³-hybridized carbons (Fsp3) is 0.385. The second-order valence-corrected chi connectivity index (χ2v) is 4.07. The average Bonchev–Trinajstić information content (AvgIpc) is 2.43. The third-order valence-corrected chi connectivity index (χ3v) is 2.56. The molecule has 0 saturated carbocycles. The van der Waals surface area contributed by atoms with Crippen molar-refractivity contribution in [1.29, 1.82) is 0 Å². The van der Waals surface area contributed by atoms with Crippen LogP contribution in [0, 0.1) is 0 Å². The summed E-state index contributed by atoms with van der Waals surface area (Å²) in [7, 11) is 1.59. The first kappa shape index (κ1) is 14.8. The summed E-state index contributed by atoms with van der Waals surface area (Å²) in [4.78, 5) is 11.7. The molecule has 0 saturated heterocycles. The van der Waals surface area contributed by atoms with E-state index in [0.29, 0.717) is 25.8 Å². The van der Waals surface area contributed by atoms with Crippen LogP contribution in [0.2, 0.25) is 0 Å². The summed E-state index contributed by atoms with van der Waals surface area (Å²) in [5, 5.41) is 14.0. The molecule has 0 spiro atoms. The molecule has 1 aromatic carbocycles. The van der Waals surface area contributed by atoms with Gasteiger partial charge in [-0.15, -0.1) is 0 Å². The molecule has 4 N–H and O–H groups in total. The van der Waals surface area contributed by atoms with Gasteiger partial charge in [-0.1, -0.05) is 17.3 Å². The number of nitrogens with two attached hydrogens (primary N) is 1. The van der Waals surface area contributed by atoms with E-state index in [4.69, 9.17) is 15.7 Å². The predicted molar refractivity (Wildman–Crippen MR) is 72.4 cm³/mol. The Morgan fingerprint density at radius 3 is 3.00 bits per heavy atom. The molecule has 0 aliphatic carbocycles. The van der Waals surface area contributed by atoms with Crippen LogP contribution in [0.25, 0.3) is 0 Å². The van der Waals surface area contributed by atoms with Crippen molar-refractivity contribution in [2.75, 3.05) is 13.7 Å². The number of nitrogens with one attached hydrogen (secondary N) is 1. The van der Waals surface area contributed by atoms with Crippen LogP contribution in [0.4, 0.5) is 0 Å². The van der Waals surface area contributed by atoms with Crippen molar-refractivity contribution in [3.63, 3.8) is 0 Å². The smallest absolute Gasteiger partial charge is 0.224 e. The normalized spacial score (nSPS) is 11.1. The minimum atomic E-state index is -0.0623. The number of methoxy groups -OCH3 is 1. The molecule has 0 atom stereocenters. The van der Waals surface area contributed by atoms with Crippen LogP contribution in [0.5, 0.6) is 5.75 Å². The molecule has 0 unspecified atom stereocenters. The van der Waals surface area contributed by atoms with Crippen molar-refractivity contribution in [3.05, 3.63) is 29.8 Å². The van der Waals surface area contributed by atoms with E-state index in [0.717, 1.165) is 11.3 Å². The van der Waals surface area contributed by atoms with Crippen LogP contribution in [0.1, 0.15) is 18.4 Å². The van der Waals surface area contributed by atoms with E-state index in [1.165, 1.54) is 0 Å². The molecular weight excluding hydrogens is 246 g/mol. The van der Waals surface area contributed by atoms with E-state index in [1.54, 1.807) is 7.11 Å². The maximum Gasteiger partial charge on any atom is 0.224 e. The summed E-state index contributed by atoms with van der Waals surface area (Å²) in [5.74, 6) is 0.840. The van der Waals surface area contributed by atoms with Gasteiger partial charge in [-0.3, -0.25) is 4.79 Å². The zero-order valence-corrected chi connectivity index (χ0v) is 10.9. The van der Waals surface area contributed by atoms with Crippen LogP contribution in [0.3, 0.4) is 0 Å². The molecule has 1 rings (SSSR count). The van der Waals surface area contributed by atoms with Crippen molar-refractivity contribution in [3.8, 4) is 5.75 Å². The summed E-state index contributed by atoms with van der Waals surface area (Å²) < 4.78 is 5.09. The number of hydrogen-bond acceptors (Lipinski definition) is 4. The maximum atomic E-state index is 11.7. The molecule has 0 heterocycles. The highest BCUT2D eigenvalue weighted by Crippen LogP contribution is 2.12. The van der Waals surface area contributed by atoms with E-state index in [-0.39, 0.29) is 11.7 Å². The quantitative estimate of drug-likeness (QED) is 0.224. The van der Waals surface area contributed by atoms with Gasteiger partial charge in [0.2, 0.25) is 5.91 Å². The van der Waals surface area contributed by atoms with Gasteiger partial charge in [0.1, 0.15) is 11.6 Å². The van der Waals surface area contributed by atoms with Crippen LogP contribution < -0.4 is 15.8 Å². The monoisotopic (exact) mass is 265 g/mol. The summed E-state index contributed by atoms with van der Waals surface area (Å²) in [6.07, 6.45) is 1.40. The fourth-order valence-corrected chi connectivity index (χ4v) is 1.58. The zero-order chi connectivity index (χ0) is 14.1. The van der Waals surface area contributed by atoms with Crippen molar-refractivity contribution < 1.29 is 14.7 Å². The lowest BCUT2D eigenvalue weighted by Crippen LogP contribution is -2.27. The molecule has 0 bridgehead atoms. The van der Waals surface area contributed by atoms with Gasteiger partial charge in [0, 0.05) is 13.0 Å². The summed E-state index contributed by atoms with van der Waals surface area (Å²) >= 11 is 0. The number of hydrogen-bond donors (Lipinski definition) is 3. The average molecular weight is 265 g/mol. The number of nitrogens with zero attached hydrogens (tertiary/aromatic N) is 1. The van der Waals surface area contributed by atoms with Gasteiger partial charge in [0.05, 0.1) is 13.5 Å². The largest absolute Gasteiger partial charge is 0.497 e. The first-order valence-corrected chi connectivity index (χ1v) is 6.01. The molecule has 0 aliphatic rings. The van der Waals surface area contributed by atoms with Crippen molar-refractivity contribution >= 4 is 11.7 Å². The highest BCUT2D eigenvalue weighted by molar-refractivity contribution is 5.80. The molecule has 104 valence electrons. The highest BCUT2D eigenvalue weighted by Gasteiger charge is 2.04. The van der Waals surface area contributed by atoms with Gasteiger partial charge in [-0.05, 0) is 24.1 Å². The number of ether oxygens (including phenoxy) is 1. The molecule has 0 aromatic heterocycles. The third kappa shape index (κ3) is 5.76. The van der Waals surface area contributed by atoms with Crippen LogP contribution >= 0.6 is 0 Å². The first-order valence-electron chi connectivity index (χ1n) is 6.01. The van der Waals surface area contributed by atoms with E-state index >= 15 is 0 Å². The van der Waals surface area contributed by atoms with Crippen molar-refractivity contribution in [2.24, 2.45) is 10.9 Å². The first-order chi connectivity index (χ1) is 9.15. The number of amidine groups is 1. The Balaban J connectivity index is 2.30. The number of amides is 1. The number of rotatable bonds is 7. The molecule has 1 aromatic rings. The Bertz CT molecular complexity index is 447. The van der Waals surface area contributed by atoms with Gasteiger partial charge in [0.25, 0.3) is 0 Å². The Labute approximate surface area is 112 Å². The van der Waals surface area contributed by atoms with Crippen LogP contribution in [-0.4, -0.2) is 30.6 Å². The second-order valence-electron chi connectivity index (χ2n) is 4.07. The topological polar surface area (TPSA) is 96.9 Å². The van der Waals surface area contributed by atoms with E-state index in [1.807, 2.05) is 24.3 Å². The molecule has 6 heteroatoms. The Hall–Kier alpha value is -2.24. The second kappa shape index (κ2) is 7.97. The SMILES string of the molecule is COc1cccc(CC(=O)NCCCC(N)=NO)c1. The zero-order valence-electron chi connectivity index (χ0n) is 10.9. The lowest BCUT2D eigenvalue weighted by Gasteiger charge is -2.06. The van der Waals surface area contributed by atoms with E-state index in [2.05, 4.69) is 10.5 Å². The third-order valence-electron chi connectivity index (χ3n) is 2.56. The lowest BCUT2D eigenvalue weighted by molar-refractivity contribution is -0.120. The van der Waals surface area contributed by atoms with Crippen molar-refractivity contribution in [2.45, 2.75) is 19.3 Å². The number of carbonyl (C=O) groups excluding carboxylic acids is 1. The Morgan fingerprint density at radius 2 is 2.32 bits per heavy atom. The summed E-state index contributed by atoms with van der Waals surface area (Å²) in [6.45, 7) is 0.499. The minimum Gasteiger partial charge on any atom is -0.497 e. The van der Waals surface area contributed by atoms with Gasteiger partial charge in [0.15, 0.2) is 0 Å². The van der Waals surface area contributed by atoms with E-state index < -0.39 is 0 Å². The Kier molecular flexibility index (Phi) is 6.21. The maximum absolute atomic E-state index is 11.7. The predicted octanol–water partition coefficient (Wildman–Crippen LogP) is 0.880. The number of carbonyl (C=O) groups is 1. The molecule has 6 nitrogen and oxygen atoms in total. The Morgan fingerprint density at radius 1 is 1.53 bits per heavy atom. The minimum absolute atomic E-state index is 0.0623. The van der Waals surface area contributed by atoms with Gasteiger partial charge < -0.3 is 21.0 Å². The molecule has 0 aliphatic heterocycles. The van der Waals surface area contributed by atoms with E-state index in [9.17, 15) is 4.79 Å². The van der Waals surface area contributed by atoms with Gasteiger partial charge in [-0.25, -0.2) is 0 Å². The van der Waals surface area contributed by atoms with Gasteiger partial charge >= 0.3 is 0 Å².